The van der Waals surface area contributed by atoms with Gasteiger partial charge in [-0.25, -0.2) is 9.48 Å². The topological polar surface area (TPSA) is 87.4 Å². The fourth-order valence-electron chi connectivity index (χ4n) is 3.14. The molecule has 0 spiro atoms. The maximum absolute atomic E-state index is 11.1. The van der Waals surface area contributed by atoms with Crippen molar-refractivity contribution in [3.05, 3.63) is 71.4 Å². The lowest BCUT2D eigenvalue weighted by atomic mass is 10.0. The molecule has 0 fully saturated rings. The molecule has 1 heterocycles. The van der Waals surface area contributed by atoms with E-state index in [4.69, 9.17) is 10.2 Å². The second kappa shape index (κ2) is 8.59. The van der Waals surface area contributed by atoms with Gasteiger partial charge in [0.2, 0.25) is 0 Å². The molecule has 0 radical (unpaired) electrons. The molecule has 6 nitrogen and oxygen atoms in total. The third-order valence-electron chi connectivity index (χ3n) is 5.03. The van der Waals surface area contributed by atoms with Crippen molar-refractivity contribution in [1.82, 2.24) is 15.1 Å². The van der Waals surface area contributed by atoms with Gasteiger partial charge >= 0.3 is 5.97 Å². The average Bonchev–Trinajstić information content (AvgIpc) is 3.12. The molecular weight excluding hydrogens is 366 g/mol. The molecule has 1 atom stereocenters. The van der Waals surface area contributed by atoms with Gasteiger partial charge in [0.25, 0.3) is 0 Å². The average molecular weight is 393 g/mol. The molecule has 0 saturated carbocycles. The van der Waals surface area contributed by atoms with Gasteiger partial charge in [0.05, 0.1) is 11.4 Å². The Labute approximate surface area is 170 Å². The van der Waals surface area contributed by atoms with E-state index < -0.39 is 11.6 Å². The van der Waals surface area contributed by atoms with Gasteiger partial charge in [-0.2, -0.15) is 5.10 Å². The van der Waals surface area contributed by atoms with Gasteiger partial charge in [-0.1, -0.05) is 49.4 Å². The maximum atomic E-state index is 11.1. The quantitative estimate of drug-likeness (QED) is 0.546. The highest BCUT2D eigenvalue weighted by molar-refractivity contribution is 5.76. The van der Waals surface area contributed by atoms with Crippen molar-refractivity contribution >= 4 is 5.97 Å². The molecule has 3 aromatic rings. The Bertz CT molecular complexity index is 991. The van der Waals surface area contributed by atoms with Crippen LogP contribution in [0.2, 0.25) is 0 Å². The van der Waals surface area contributed by atoms with E-state index in [1.807, 2.05) is 42.1 Å². The minimum Gasteiger partial charge on any atom is -0.479 e. The van der Waals surface area contributed by atoms with Crippen LogP contribution in [-0.4, -0.2) is 38.1 Å². The van der Waals surface area contributed by atoms with Gasteiger partial charge in [-0.05, 0) is 37.5 Å². The van der Waals surface area contributed by atoms with Gasteiger partial charge < -0.3 is 15.5 Å². The number of hydrogen-bond donors (Lipinski definition) is 3. The Balaban J connectivity index is 1.94. The summed E-state index contributed by atoms with van der Waals surface area (Å²) in [4.78, 5) is 11.1. The molecule has 0 aliphatic rings. The standard InChI is InChI=1S/C23H27N3O3/c1-4-17-9-11-18(12-10-17)21-19(13-24-15-23(3,29)22(27)28)14-26(25-21)20-8-6-5-7-16(20)2/h5-12,14,24,29H,4,13,15H2,1-3H3,(H,27,28). The highest BCUT2D eigenvalue weighted by Crippen LogP contribution is 2.25. The highest BCUT2D eigenvalue weighted by atomic mass is 16.4. The Morgan fingerprint density at radius 1 is 1.17 bits per heavy atom. The zero-order chi connectivity index (χ0) is 21.0. The molecule has 0 amide bonds. The number of carboxylic acid groups (broad SMARTS) is 1. The number of hydrogen-bond acceptors (Lipinski definition) is 4. The SMILES string of the molecule is CCc1ccc(-c2nn(-c3ccccc3C)cc2CNCC(C)(O)C(=O)O)cc1. The number of aliphatic carboxylic acids is 1. The molecule has 0 aliphatic heterocycles. The predicted molar refractivity (Wildman–Crippen MR) is 113 cm³/mol. The van der Waals surface area contributed by atoms with Crippen molar-refractivity contribution in [2.75, 3.05) is 6.54 Å². The van der Waals surface area contributed by atoms with Crippen LogP contribution in [0.25, 0.3) is 16.9 Å². The normalized spacial score (nSPS) is 13.2. The van der Waals surface area contributed by atoms with Crippen molar-refractivity contribution in [2.24, 2.45) is 0 Å². The van der Waals surface area contributed by atoms with Crippen molar-refractivity contribution < 1.29 is 15.0 Å². The minimum absolute atomic E-state index is 0.0634. The van der Waals surface area contributed by atoms with E-state index in [1.54, 1.807) is 0 Å². The van der Waals surface area contributed by atoms with Crippen LogP contribution in [0.4, 0.5) is 0 Å². The van der Waals surface area contributed by atoms with Crippen LogP contribution in [0.1, 0.15) is 30.5 Å². The first-order chi connectivity index (χ1) is 13.8. The molecular formula is C23H27N3O3. The summed E-state index contributed by atoms with van der Waals surface area (Å²) in [5.41, 5.74) is 4.28. The van der Waals surface area contributed by atoms with Crippen LogP contribution >= 0.6 is 0 Å². The minimum atomic E-state index is -1.82. The molecule has 6 heteroatoms. The van der Waals surface area contributed by atoms with E-state index in [1.165, 1.54) is 12.5 Å². The largest absolute Gasteiger partial charge is 0.479 e. The lowest BCUT2D eigenvalue weighted by Gasteiger charge is -2.18. The number of rotatable bonds is 8. The van der Waals surface area contributed by atoms with Crippen molar-refractivity contribution in [1.29, 1.82) is 0 Å². The monoisotopic (exact) mass is 393 g/mol. The second-order valence-corrected chi connectivity index (χ2v) is 7.47. The van der Waals surface area contributed by atoms with Gasteiger partial charge in [-0.3, -0.25) is 0 Å². The summed E-state index contributed by atoms with van der Waals surface area (Å²) in [5, 5.41) is 26.9. The Hall–Kier alpha value is -2.96. The zero-order valence-electron chi connectivity index (χ0n) is 17.0. The smallest absolute Gasteiger partial charge is 0.336 e. The maximum Gasteiger partial charge on any atom is 0.336 e. The first-order valence-corrected chi connectivity index (χ1v) is 9.72. The van der Waals surface area contributed by atoms with E-state index in [0.29, 0.717) is 6.54 Å². The number of carboxylic acids is 1. The fraction of sp³-hybridized carbons (Fsp3) is 0.304. The van der Waals surface area contributed by atoms with E-state index in [2.05, 4.69) is 36.5 Å². The molecule has 0 bridgehead atoms. The predicted octanol–water partition coefficient (Wildman–Crippen LogP) is 3.34. The summed E-state index contributed by atoms with van der Waals surface area (Å²) in [6.07, 6.45) is 2.92. The first kappa shape index (κ1) is 20.8. The molecule has 1 aromatic heterocycles. The van der Waals surface area contributed by atoms with Gasteiger partial charge in [-0.15, -0.1) is 0 Å². The summed E-state index contributed by atoms with van der Waals surface area (Å²) < 4.78 is 1.85. The van der Waals surface area contributed by atoms with E-state index >= 15 is 0 Å². The zero-order valence-corrected chi connectivity index (χ0v) is 17.0. The van der Waals surface area contributed by atoms with Crippen LogP contribution in [0.15, 0.2) is 54.7 Å². The molecule has 3 N–H and O–H groups in total. The molecule has 1 unspecified atom stereocenters. The third kappa shape index (κ3) is 4.72. The molecule has 0 saturated heterocycles. The summed E-state index contributed by atoms with van der Waals surface area (Å²) >= 11 is 0. The second-order valence-electron chi connectivity index (χ2n) is 7.47. The molecule has 0 aliphatic carbocycles. The first-order valence-electron chi connectivity index (χ1n) is 9.72. The Morgan fingerprint density at radius 3 is 2.48 bits per heavy atom. The number of nitrogens with one attached hydrogen (secondary N) is 1. The third-order valence-corrected chi connectivity index (χ3v) is 5.03. The van der Waals surface area contributed by atoms with Crippen LogP contribution < -0.4 is 5.32 Å². The lowest BCUT2D eigenvalue weighted by molar-refractivity contribution is -0.156. The Morgan fingerprint density at radius 2 is 1.86 bits per heavy atom. The summed E-state index contributed by atoms with van der Waals surface area (Å²) in [7, 11) is 0. The van der Waals surface area contributed by atoms with E-state index in [-0.39, 0.29) is 6.54 Å². The van der Waals surface area contributed by atoms with Crippen LogP contribution in [-0.2, 0) is 17.8 Å². The Kier molecular flexibility index (Phi) is 6.15. The number of aryl methyl sites for hydroxylation is 2. The van der Waals surface area contributed by atoms with Gasteiger partial charge in [0.15, 0.2) is 5.60 Å². The number of benzene rings is 2. The highest BCUT2D eigenvalue weighted by Gasteiger charge is 2.29. The van der Waals surface area contributed by atoms with Crippen LogP contribution in [0, 0.1) is 6.92 Å². The van der Waals surface area contributed by atoms with Crippen molar-refractivity contribution in [3.63, 3.8) is 0 Å². The number of nitrogens with zero attached hydrogens (tertiary/aromatic N) is 2. The van der Waals surface area contributed by atoms with Gasteiger partial charge in [0, 0.05) is 30.4 Å². The lowest BCUT2D eigenvalue weighted by Crippen LogP contribution is -2.44. The molecule has 29 heavy (non-hydrogen) atoms. The molecule has 152 valence electrons. The van der Waals surface area contributed by atoms with Crippen molar-refractivity contribution in [2.45, 2.75) is 39.3 Å². The number of carbonyl (C=O) groups is 1. The van der Waals surface area contributed by atoms with E-state index in [0.717, 1.165) is 34.5 Å². The molecule has 3 rings (SSSR count). The van der Waals surface area contributed by atoms with Crippen molar-refractivity contribution in [3.8, 4) is 16.9 Å². The summed E-state index contributed by atoms with van der Waals surface area (Å²) in [6, 6.07) is 16.3. The summed E-state index contributed by atoms with van der Waals surface area (Å²) in [6.45, 7) is 5.76. The number of aliphatic hydroxyl groups is 1. The van der Waals surface area contributed by atoms with E-state index in [9.17, 15) is 9.90 Å². The van der Waals surface area contributed by atoms with Gasteiger partial charge in [0.1, 0.15) is 0 Å². The van der Waals surface area contributed by atoms with Crippen LogP contribution in [0.5, 0.6) is 0 Å². The molecule has 2 aromatic carbocycles. The van der Waals surface area contributed by atoms with Crippen LogP contribution in [0.3, 0.4) is 0 Å². The number of aromatic nitrogens is 2. The number of para-hydroxylation sites is 1. The summed E-state index contributed by atoms with van der Waals surface area (Å²) in [5.74, 6) is -1.25. The fourth-order valence-corrected chi connectivity index (χ4v) is 3.14.